The van der Waals surface area contributed by atoms with Crippen LogP contribution in [0, 0.1) is 6.92 Å². The molecule has 0 aliphatic heterocycles. The summed E-state index contributed by atoms with van der Waals surface area (Å²) in [6.07, 6.45) is 3.15. The van der Waals surface area contributed by atoms with E-state index in [1.165, 1.54) is 16.7 Å². The molecule has 0 fully saturated rings. The summed E-state index contributed by atoms with van der Waals surface area (Å²) in [4.78, 5) is 0. The van der Waals surface area contributed by atoms with Crippen molar-refractivity contribution in [3.63, 3.8) is 0 Å². The number of hydrogen-bond acceptors (Lipinski definition) is 2. The molecule has 0 amide bonds. The van der Waals surface area contributed by atoms with Crippen LogP contribution >= 0.6 is 0 Å². The first-order valence-corrected chi connectivity index (χ1v) is 6.00. The highest BCUT2D eigenvalue weighted by Crippen LogP contribution is 2.25. The van der Waals surface area contributed by atoms with E-state index in [2.05, 4.69) is 26.0 Å². The lowest BCUT2D eigenvalue weighted by Gasteiger charge is -2.14. The molecule has 16 heavy (non-hydrogen) atoms. The second-order valence-corrected chi connectivity index (χ2v) is 4.52. The SMILES string of the molecule is CCCc1cc(OC)c(C[C@H](C)N)cc1C. The zero-order valence-electron chi connectivity index (χ0n) is 10.8. The molecule has 2 heteroatoms. The molecule has 0 aliphatic carbocycles. The summed E-state index contributed by atoms with van der Waals surface area (Å²) in [5.74, 6) is 0.978. The van der Waals surface area contributed by atoms with Crippen molar-refractivity contribution in [2.45, 2.75) is 46.1 Å². The zero-order valence-corrected chi connectivity index (χ0v) is 10.8. The fourth-order valence-electron chi connectivity index (χ4n) is 2.03. The van der Waals surface area contributed by atoms with Gasteiger partial charge in [-0.15, -0.1) is 0 Å². The van der Waals surface area contributed by atoms with E-state index in [0.717, 1.165) is 25.0 Å². The van der Waals surface area contributed by atoms with Crippen LogP contribution in [-0.4, -0.2) is 13.2 Å². The second-order valence-electron chi connectivity index (χ2n) is 4.52. The Bertz CT molecular complexity index is 345. The first-order chi connectivity index (χ1) is 7.58. The number of aryl methyl sites for hydroxylation is 2. The Morgan fingerprint density at radius 2 is 2.00 bits per heavy atom. The summed E-state index contributed by atoms with van der Waals surface area (Å²) in [5, 5.41) is 0. The molecule has 0 aromatic heterocycles. The van der Waals surface area contributed by atoms with Gasteiger partial charge < -0.3 is 10.5 Å². The van der Waals surface area contributed by atoms with Gasteiger partial charge in [0, 0.05) is 6.04 Å². The average molecular weight is 221 g/mol. The second kappa shape index (κ2) is 5.90. The number of benzene rings is 1. The van der Waals surface area contributed by atoms with Crippen molar-refractivity contribution >= 4 is 0 Å². The summed E-state index contributed by atoms with van der Waals surface area (Å²) in [6.45, 7) is 6.38. The van der Waals surface area contributed by atoms with E-state index >= 15 is 0 Å². The molecule has 2 N–H and O–H groups in total. The number of ether oxygens (including phenoxy) is 1. The van der Waals surface area contributed by atoms with Crippen LogP contribution in [0.25, 0.3) is 0 Å². The van der Waals surface area contributed by atoms with Crippen LogP contribution in [-0.2, 0) is 12.8 Å². The van der Waals surface area contributed by atoms with Crippen LogP contribution in [0.4, 0.5) is 0 Å². The third kappa shape index (κ3) is 3.24. The Balaban J connectivity index is 3.05. The molecule has 90 valence electrons. The standard InChI is InChI=1S/C14H23NO/c1-5-6-12-9-14(16-4)13(7-10(12)2)8-11(3)15/h7,9,11H,5-6,8,15H2,1-4H3/t11-/m0/s1. The van der Waals surface area contributed by atoms with Crippen molar-refractivity contribution in [3.05, 3.63) is 28.8 Å². The predicted octanol–water partition coefficient (Wildman–Crippen LogP) is 2.85. The third-order valence-electron chi connectivity index (χ3n) is 2.80. The molecule has 1 rings (SSSR count). The molecular formula is C14H23NO. The lowest BCUT2D eigenvalue weighted by molar-refractivity contribution is 0.407. The smallest absolute Gasteiger partial charge is 0.122 e. The fraction of sp³-hybridized carbons (Fsp3) is 0.571. The van der Waals surface area contributed by atoms with Gasteiger partial charge in [-0.1, -0.05) is 19.4 Å². The Kier molecular flexibility index (Phi) is 4.81. The first kappa shape index (κ1) is 13.0. The maximum Gasteiger partial charge on any atom is 0.122 e. The predicted molar refractivity (Wildman–Crippen MR) is 69.1 cm³/mol. The summed E-state index contributed by atoms with van der Waals surface area (Å²) in [5.41, 5.74) is 9.78. The maximum atomic E-state index is 5.84. The summed E-state index contributed by atoms with van der Waals surface area (Å²) in [6, 6.07) is 4.55. The van der Waals surface area contributed by atoms with Crippen molar-refractivity contribution in [1.82, 2.24) is 0 Å². The molecule has 0 unspecified atom stereocenters. The van der Waals surface area contributed by atoms with Crippen LogP contribution in [0.15, 0.2) is 12.1 Å². The van der Waals surface area contributed by atoms with E-state index in [1.54, 1.807) is 7.11 Å². The van der Waals surface area contributed by atoms with Gasteiger partial charge in [-0.2, -0.15) is 0 Å². The van der Waals surface area contributed by atoms with Crippen molar-refractivity contribution in [2.24, 2.45) is 5.73 Å². The molecular weight excluding hydrogens is 198 g/mol. The fourth-order valence-corrected chi connectivity index (χ4v) is 2.03. The van der Waals surface area contributed by atoms with Crippen LogP contribution < -0.4 is 10.5 Å². The minimum Gasteiger partial charge on any atom is -0.496 e. The van der Waals surface area contributed by atoms with Gasteiger partial charge in [0.25, 0.3) is 0 Å². The highest BCUT2D eigenvalue weighted by molar-refractivity contribution is 5.42. The van der Waals surface area contributed by atoms with Gasteiger partial charge in [-0.3, -0.25) is 0 Å². The Labute approximate surface area is 98.8 Å². The number of methoxy groups -OCH3 is 1. The van der Waals surface area contributed by atoms with Gasteiger partial charge in [-0.25, -0.2) is 0 Å². The van der Waals surface area contributed by atoms with Gasteiger partial charge in [0.15, 0.2) is 0 Å². The average Bonchev–Trinajstić information content (AvgIpc) is 2.21. The first-order valence-electron chi connectivity index (χ1n) is 6.00. The minimum atomic E-state index is 0.172. The normalized spacial score (nSPS) is 12.6. The van der Waals surface area contributed by atoms with Crippen LogP contribution in [0.5, 0.6) is 5.75 Å². The lowest BCUT2D eigenvalue weighted by Crippen LogP contribution is -2.18. The summed E-state index contributed by atoms with van der Waals surface area (Å²) < 4.78 is 5.43. The largest absolute Gasteiger partial charge is 0.496 e. The zero-order chi connectivity index (χ0) is 12.1. The van der Waals surface area contributed by atoms with E-state index in [4.69, 9.17) is 10.5 Å². The molecule has 0 radical (unpaired) electrons. The highest BCUT2D eigenvalue weighted by Gasteiger charge is 2.09. The molecule has 1 aromatic carbocycles. The molecule has 0 saturated heterocycles. The molecule has 2 nitrogen and oxygen atoms in total. The van der Waals surface area contributed by atoms with E-state index in [9.17, 15) is 0 Å². The topological polar surface area (TPSA) is 35.2 Å². The van der Waals surface area contributed by atoms with Crippen LogP contribution in [0.3, 0.4) is 0 Å². The molecule has 0 saturated carbocycles. The van der Waals surface area contributed by atoms with E-state index in [-0.39, 0.29) is 6.04 Å². The molecule has 0 spiro atoms. The quantitative estimate of drug-likeness (QED) is 0.829. The van der Waals surface area contributed by atoms with Crippen molar-refractivity contribution < 1.29 is 4.74 Å². The lowest BCUT2D eigenvalue weighted by atomic mass is 9.97. The van der Waals surface area contributed by atoms with E-state index in [1.807, 2.05) is 6.92 Å². The van der Waals surface area contributed by atoms with Crippen LogP contribution in [0.1, 0.15) is 37.0 Å². The maximum absolute atomic E-state index is 5.84. The summed E-state index contributed by atoms with van der Waals surface area (Å²) >= 11 is 0. The van der Waals surface area contributed by atoms with Crippen molar-refractivity contribution in [2.75, 3.05) is 7.11 Å². The van der Waals surface area contributed by atoms with Crippen molar-refractivity contribution in [3.8, 4) is 5.75 Å². The van der Waals surface area contributed by atoms with Crippen LogP contribution in [0.2, 0.25) is 0 Å². The summed E-state index contributed by atoms with van der Waals surface area (Å²) in [7, 11) is 1.73. The molecule has 0 bridgehead atoms. The van der Waals surface area contributed by atoms with Gasteiger partial charge in [-0.05, 0) is 49.4 Å². The van der Waals surface area contributed by atoms with E-state index in [0.29, 0.717) is 0 Å². The van der Waals surface area contributed by atoms with Gasteiger partial charge in [0.2, 0.25) is 0 Å². The molecule has 0 aliphatic rings. The molecule has 1 atom stereocenters. The van der Waals surface area contributed by atoms with Crippen molar-refractivity contribution in [1.29, 1.82) is 0 Å². The molecule has 1 aromatic rings. The molecule has 0 heterocycles. The number of nitrogens with two attached hydrogens (primary N) is 1. The van der Waals surface area contributed by atoms with E-state index < -0.39 is 0 Å². The number of rotatable bonds is 5. The Morgan fingerprint density at radius 3 is 2.50 bits per heavy atom. The van der Waals surface area contributed by atoms with Gasteiger partial charge in [0.1, 0.15) is 5.75 Å². The monoisotopic (exact) mass is 221 g/mol. The van der Waals surface area contributed by atoms with Gasteiger partial charge >= 0.3 is 0 Å². The number of hydrogen-bond donors (Lipinski definition) is 1. The Hall–Kier alpha value is -1.02. The third-order valence-corrected chi connectivity index (χ3v) is 2.80. The minimum absolute atomic E-state index is 0.172. The Morgan fingerprint density at radius 1 is 1.31 bits per heavy atom. The highest BCUT2D eigenvalue weighted by atomic mass is 16.5. The van der Waals surface area contributed by atoms with Gasteiger partial charge in [0.05, 0.1) is 7.11 Å².